The fraction of sp³-hybridized carbons (Fsp3) is 0.312. The lowest BCUT2D eigenvalue weighted by molar-refractivity contribution is -0.147. The molecule has 0 unspecified atom stereocenters. The molecule has 3 aliphatic carbocycles. The van der Waals surface area contributed by atoms with Crippen molar-refractivity contribution >= 4 is 29.4 Å². The van der Waals surface area contributed by atoms with Crippen LogP contribution in [0.5, 0.6) is 0 Å². The van der Waals surface area contributed by atoms with Gasteiger partial charge in [-0.25, -0.2) is 4.79 Å². The summed E-state index contributed by atoms with van der Waals surface area (Å²) >= 11 is 0. The van der Waals surface area contributed by atoms with E-state index in [1.807, 2.05) is 31.2 Å². The number of imide groups is 1. The average Bonchev–Trinajstić information content (AvgIpc) is 3.23. The molecule has 1 heterocycles. The van der Waals surface area contributed by atoms with Crippen LogP contribution in [0.4, 0.5) is 5.69 Å². The van der Waals surface area contributed by atoms with E-state index >= 15 is 0 Å². The summed E-state index contributed by atoms with van der Waals surface area (Å²) < 4.78 is 4.74. The third kappa shape index (κ3) is 3.87. The van der Waals surface area contributed by atoms with Crippen LogP contribution in [-0.2, 0) is 19.1 Å². The van der Waals surface area contributed by atoms with Crippen LogP contribution in [0.3, 0.4) is 0 Å². The fourth-order valence-corrected chi connectivity index (χ4v) is 6.82. The molecule has 1 fully saturated rings. The van der Waals surface area contributed by atoms with E-state index < -0.39 is 29.8 Å². The first-order valence-corrected chi connectivity index (χ1v) is 13.5. The minimum absolute atomic E-state index is 0.213. The minimum atomic E-state index is -0.915. The zero-order chi connectivity index (χ0) is 27.3. The summed E-state index contributed by atoms with van der Waals surface area (Å²) in [7, 11) is 1.31. The summed E-state index contributed by atoms with van der Waals surface area (Å²) in [6.45, 7) is 2.02. The SMILES string of the molecule is CCCC[C@H](C(=O)Nc1ccc(C(=O)OC)cc1)N1C(=O)[C@@H]2C3c4ccccc4C(c4ccccc43)[C@H]2C1=O. The normalized spacial score (nSPS) is 23.1. The molecule has 7 nitrogen and oxygen atoms in total. The molecule has 0 aromatic heterocycles. The molecular formula is C32H30N2O5. The maximum absolute atomic E-state index is 14.1. The van der Waals surface area contributed by atoms with Crippen molar-refractivity contribution in [2.75, 3.05) is 12.4 Å². The minimum Gasteiger partial charge on any atom is -0.465 e. The summed E-state index contributed by atoms with van der Waals surface area (Å²) in [5, 5.41) is 2.87. The Labute approximate surface area is 227 Å². The number of nitrogens with zero attached hydrogens (tertiary/aromatic N) is 1. The van der Waals surface area contributed by atoms with Gasteiger partial charge in [0.25, 0.3) is 0 Å². The molecule has 4 aliphatic rings. The molecule has 3 atom stereocenters. The van der Waals surface area contributed by atoms with Gasteiger partial charge in [0.2, 0.25) is 17.7 Å². The number of ether oxygens (including phenoxy) is 1. The average molecular weight is 523 g/mol. The van der Waals surface area contributed by atoms with Crippen molar-refractivity contribution in [3.05, 3.63) is 101 Å². The second-order valence-electron chi connectivity index (χ2n) is 10.5. The molecule has 1 saturated heterocycles. The van der Waals surface area contributed by atoms with Crippen molar-refractivity contribution in [2.24, 2.45) is 11.8 Å². The molecule has 2 bridgehead atoms. The van der Waals surface area contributed by atoms with Gasteiger partial charge in [0.05, 0.1) is 24.5 Å². The van der Waals surface area contributed by atoms with Gasteiger partial charge in [0, 0.05) is 17.5 Å². The van der Waals surface area contributed by atoms with Crippen molar-refractivity contribution < 1.29 is 23.9 Å². The van der Waals surface area contributed by atoms with Crippen molar-refractivity contribution in [3.63, 3.8) is 0 Å². The molecule has 3 aromatic carbocycles. The van der Waals surface area contributed by atoms with E-state index in [1.165, 1.54) is 12.0 Å². The standard InChI is InChI=1S/C32H30N2O5/c1-3-4-13-24(29(35)33-19-16-14-18(15-17-19)32(38)39-2)34-30(36)27-25-20-9-5-6-10-21(20)26(28(27)31(34)37)23-12-8-7-11-22(23)25/h5-12,14-17,24-28H,3-4,13H2,1-2H3,(H,33,35)/t24-,25?,26?,27-,28-/m1/s1. The highest BCUT2D eigenvalue weighted by Crippen LogP contribution is 2.61. The second-order valence-corrected chi connectivity index (χ2v) is 10.5. The number of hydrogen-bond acceptors (Lipinski definition) is 5. The van der Waals surface area contributed by atoms with Gasteiger partial charge in [-0.1, -0.05) is 68.3 Å². The number of carbonyl (C=O) groups is 4. The third-order valence-electron chi connectivity index (χ3n) is 8.50. The molecule has 0 radical (unpaired) electrons. The van der Waals surface area contributed by atoms with Gasteiger partial charge in [-0.2, -0.15) is 0 Å². The lowest BCUT2D eigenvalue weighted by atomic mass is 9.55. The fourth-order valence-electron chi connectivity index (χ4n) is 6.82. The first-order chi connectivity index (χ1) is 19.0. The van der Waals surface area contributed by atoms with Crippen LogP contribution in [0.25, 0.3) is 0 Å². The van der Waals surface area contributed by atoms with Crippen LogP contribution in [-0.4, -0.2) is 41.7 Å². The summed E-state index contributed by atoms with van der Waals surface area (Å²) in [6, 6.07) is 21.7. The van der Waals surface area contributed by atoms with Gasteiger partial charge in [0.1, 0.15) is 6.04 Å². The molecule has 1 N–H and O–H groups in total. The Morgan fingerprint density at radius 2 is 1.31 bits per heavy atom. The van der Waals surface area contributed by atoms with E-state index in [0.717, 1.165) is 28.7 Å². The van der Waals surface area contributed by atoms with Gasteiger partial charge >= 0.3 is 5.97 Å². The number of esters is 1. The van der Waals surface area contributed by atoms with E-state index in [0.29, 0.717) is 24.1 Å². The zero-order valence-electron chi connectivity index (χ0n) is 21.9. The van der Waals surface area contributed by atoms with E-state index in [4.69, 9.17) is 4.74 Å². The molecule has 0 spiro atoms. The number of rotatable bonds is 7. The van der Waals surface area contributed by atoms with Gasteiger partial charge in [0.15, 0.2) is 0 Å². The van der Waals surface area contributed by atoms with E-state index in [2.05, 4.69) is 29.6 Å². The maximum atomic E-state index is 14.1. The van der Waals surface area contributed by atoms with Gasteiger partial charge in [-0.05, 0) is 52.9 Å². The molecule has 7 heteroatoms. The Kier molecular flexibility index (Phi) is 6.29. The Hall–Kier alpha value is -4.26. The van der Waals surface area contributed by atoms with E-state index in [9.17, 15) is 19.2 Å². The predicted octanol–water partition coefficient (Wildman–Crippen LogP) is 4.86. The van der Waals surface area contributed by atoms with Crippen molar-refractivity contribution in [1.29, 1.82) is 0 Å². The molecular weight excluding hydrogens is 492 g/mol. The highest BCUT2D eigenvalue weighted by Gasteiger charge is 2.62. The zero-order valence-corrected chi connectivity index (χ0v) is 21.9. The maximum Gasteiger partial charge on any atom is 0.337 e. The Bertz CT molecular complexity index is 1360. The number of amides is 3. The van der Waals surface area contributed by atoms with Crippen LogP contribution in [0.1, 0.15) is 70.6 Å². The van der Waals surface area contributed by atoms with E-state index in [-0.39, 0.29) is 23.7 Å². The second kappa shape index (κ2) is 9.80. The van der Waals surface area contributed by atoms with Gasteiger partial charge < -0.3 is 10.1 Å². The summed E-state index contributed by atoms with van der Waals surface area (Å²) in [4.78, 5) is 55.0. The van der Waals surface area contributed by atoms with Crippen molar-refractivity contribution in [3.8, 4) is 0 Å². The molecule has 0 saturated carbocycles. The molecule has 3 aromatic rings. The molecule has 198 valence electrons. The van der Waals surface area contributed by atoms with Gasteiger partial charge in [-0.3, -0.25) is 19.3 Å². The van der Waals surface area contributed by atoms with Crippen LogP contribution in [0, 0.1) is 11.8 Å². The summed E-state index contributed by atoms with van der Waals surface area (Å²) in [5.41, 5.74) is 5.25. The van der Waals surface area contributed by atoms with Crippen LogP contribution >= 0.6 is 0 Å². The summed E-state index contributed by atoms with van der Waals surface area (Å²) in [6.07, 6.45) is 1.90. The first-order valence-electron chi connectivity index (χ1n) is 13.5. The Balaban J connectivity index is 1.34. The largest absolute Gasteiger partial charge is 0.465 e. The first kappa shape index (κ1) is 25.0. The Morgan fingerprint density at radius 1 is 0.821 bits per heavy atom. The number of benzene rings is 3. The lowest BCUT2D eigenvalue weighted by Crippen LogP contribution is -2.48. The van der Waals surface area contributed by atoms with Crippen molar-refractivity contribution in [2.45, 2.75) is 44.1 Å². The third-order valence-corrected chi connectivity index (χ3v) is 8.50. The number of nitrogens with one attached hydrogen (secondary N) is 1. The monoisotopic (exact) mass is 522 g/mol. The Morgan fingerprint density at radius 3 is 1.74 bits per heavy atom. The number of hydrogen-bond donors (Lipinski definition) is 1. The smallest absolute Gasteiger partial charge is 0.337 e. The van der Waals surface area contributed by atoms with Crippen LogP contribution in [0.15, 0.2) is 72.8 Å². The summed E-state index contributed by atoms with van der Waals surface area (Å²) in [5.74, 6) is -2.88. The predicted molar refractivity (Wildman–Crippen MR) is 145 cm³/mol. The van der Waals surface area contributed by atoms with Crippen LogP contribution < -0.4 is 5.32 Å². The molecule has 3 amide bonds. The topological polar surface area (TPSA) is 92.8 Å². The van der Waals surface area contributed by atoms with Crippen LogP contribution in [0.2, 0.25) is 0 Å². The van der Waals surface area contributed by atoms with Gasteiger partial charge in [-0.15, -0.1) is 0 Å². The molecule has 7 rings (SSSR count). The quantitative estimate of drug-likeness (QED) is 0.353. The number of likely N-dealkylation sites (tertiary alicyclic amines) is 1. The highest BCUT2D eigenvalue weighted by atomic mass is 16.5. The number of carbonyl (C=O) groups excluding carboxylic acids is 4. The number of anilines is 1. The lowest BCUT2D eigenvalue weighted by Gasteiger charge is -2.45. The molecule has 1 aliphatic heterocycles. The van der Waals surface area contributed by atoms with Crippen molar-refractivity contribution in [1.82, 2.24) is 4.90 Å². The molecule has 39 heavy (non-hydrogen) atoms. The number of methoxy groups -OCH3 is 1. The van der Waals surface area contributed by atoms with E-state index in [1.54, 1.807) is 24.3 Å². The highest BCUT2D eigenvalue weighted by molar-refractivity contribution is 6.11. The number of unbranched alkanes of at least 4 members (excludes halogenated alkanes) is 1.